The van der Waals surface area contributed by atoms with E-state index in [9.17, 15) is 27.6 Å². The van der Waals surface area contributed by atoms with Gasteiger partial charge in [-0.3, -0.25) is 19.3 Å². The first-order chi connectivity index (χ1) is 19.6. The summed E-state index contributed by atoms with van der Waals surface area (Å²) in [4.78, 5) is 43.1. The van der Waals surface area contributed by atoms with Gasteiger partial charge in [0.15, 0.2) is 6.61 Å². The summed E-state index contributed by atoms with van der Waals surface area (Å²) < 4.78 is 45.7. The Morgan fingerprint density at radius 2 is 1.68 bits per heavy atom. The van der Waals surface area contributed by atoms with Crippen LogP contribution in [0.15, 0.2) is 59.7 Å². The molecule has 0 N–H and O–H groups in total. The number of nitriles is 1. The van der Waals surface area contributed by atoms with Crippen LogP contribution in [0.2, 0.25) is 0 Å². The summed E-state index contributed by atoms with van der Waals surface area (Å²) in [6.45, 7) is 5.12. The van der Waals surface area contributed by atoms with Gasteiger partial charge in [0.05, 0.1) is 22.9 Å². The number of hydrogen-bond donors (Lipinski definition) is 0. The Morgan fingerprint density at radius 3 is 2.34 bits per heavy atom. The average Bonchev–Trinajstić information content (AvgIpc) is 3.18. The minimum atomic E-state index is -4.79. The monoisotopic (exact) mass is 568 g/mol. The molecule has 2 aliphatic rings. The Hall–Kier alpha value is -4.17. The fraction of sp³-hybridized carbons (Fsp3) is 0.400. The van der Waals surface area contributed by atoms with Crippen LogP contribution < -0.4 is 9.64 Å². The molecule has 0 bridgehead atoms. The number of carbonyl (C=O) groups excluding carboxylic acids is 3. The number of alkyl halides is 3. The van der Waals surface area contributed by atoms with Gasteiger partial charge in [-0.15, -0.1) is 0 Å². The van der Waals surface area contributed by atoms with Crippen LogP contribution >= 0.6 is 0 Å². The zero-order chi connectivity index (χ0) is 29.6. The van der Waals surface area contributed by atoms with Crippen LogP contribution in [0.1, 0.15) is 43.7 Å². The topological polar surface area (TPSA) is 93.9 Å². The molecule has 1 saturated heterocycles. The molecule has 11 heteroatoms. The lowest BCUT2D eigenvalue weighted by Crippen LogP contribution is -2.50. The van der Waals surface area contributed by atoms with Crippen LogP contribution in [0.5, 0.6) is 5.75 Å². The molecule has 4 rings (SSSR count). The SMILES string of the molecule is CC1=C(CCCCCN2CCN(C(=O)COc3ccccc3)CC2)C(=O)N(c2ccc(C#N)c(C(F)(F)F)c2)C1=O. The second-order valence-electron chi connectivity index (χ2n) is 10.0. The summed E-state index contributed by atoms with van der Waals surface area (Å²) in [6, 6.07) is 13.5. The van der Waals surface area contributed by atoms with Gasteiger partial charge in [-0.25, -0.2) is 4.90 Å². The number of piperazine rings is 1. The molecular weight excluding hydrogens is 537 g/mol. The van der Waals surface area contributed by atoms with Crippen molar-refractivity contribution >= 4 is 23.4 Å². The molecule has 0 aromatic heterocycles. The van der Waals surface area contributed by atoms with E-state index in [0.717, 1.165) is 43.4 Å². The van der Waals surface area contributed by atoms with Gasteiger partial charge in [0.2, 0.25) is 0 Å². The van der Waals surface area contributed by atoms with E-state index >= 15 is 0 Å². The van der Waals surface area contributed by atoms with E-state index in [0.29, 0.717) is 43.3 Å². The molecule has 0 atom stereocenters. The van der Waals surface area contributed by atoms with Gasteiger partial charge in [-0.2, -0.15) is 18.4 Å². The third-order valence-corrected chi connectivity index (χ3v) is 7.36. The molecule has 1 fully saturated rings. The van der Waals surface area contributed by atoms with Crippen LogP contribution in [0.25, 0.3) is 0 Å². The quantitative estimate of drug-likeness (QED) is 0.308. The smallest absolute Gasteiger partial charge is 0.417 e. The third-order valence-electron chi connectivity index (χ3n) is 7.36. The van der Waals surface area contributed by atoms with E-state index in [1.807, 2.05) is 30.3 Å². The zero-order valence-corrected chi connectivity index (χ0v) is 22.7. The lowest BCUT2D eigenvalue weighted by Gasteiger charge is -2.34. The number of ether oxygens (including phenoxy) is 1. The highest BCUT2D eigenvalue weighted by Gasteiger charge is 2.39. The van der Waals surface area contributed by atoms with Crippen molar-refractivity contribution in [3.05, 3.63) is 70.8 Å². The second kappa shape index (κ2) is 13.0. The van der Waals surface area contributed by atoms with Crippen LogP contribution in [0, 0.1) is 11.3 Å². The predicted octanol–water partition coefficient (Wildman–Crippen LogP) is 4.55. The number of anilines is 1. The molecule has 2 aliphatic heterocycles. The number of rotatable bonds is 10. The van der Waals surface area contributed by atoms with E-state index in [4.69, 9.17) is 10.00 Å². The molecule has 3 amide bonds. The molecule has 2 heterocycles. The molecule has 2 aromatic carbocycles. The van der Waals surface area contributed by atoms with Gasteiger partial charge >= 0.3 is 6.18 Å². The molecule has 0 radical (unpaired) electrons. The second-order valence-corrected chi connectivity index (χ2v) is 10.0. The van der Waals surface area contributed by atoms with Crippen molar-refractivity contribution < 1.29 is 32.3 Å². The standard InChI is InChI=1S/C30H31F3N4O4/c1-21-25(29(40)37(28(21)39)23-12-11-22(19-34)26(18-23)30(31,32)33)10-6-3-7-13-35-14-16-36(17-15-35)27(38)20-41-24-8-4-2-5-9-24/h2,4-5,8-9,11-12,18H,3,6-7,10,13-17,20H2,1H3. The number of imide groups is 1. The molecule has 0 spiro atoms. The number of para-hydroxylation sites is 1. The predicted molar refractivity (Wildman–Crippen MR) is 145 cm³/mol. The van der Waals surface area contributed by atoms with E-state index in [-0.39, 0.29) is 23.8 Å². The number of unbranched alkanes of at least 4 members (excludes halogenated alkanes) is 2. The van der Waals surface area contributed by atoms with Gasteiger partial charge in [-0.05, 0) is 63.1 Å². The Bertz CT molecular complexity index is 1360. The minimum Gasteiger partial charge on any atom is -0.484 e. The number of carbonyl (C=O) groups is 3. The fourth-order valence-electron chi connectivity index (χ4n) is 5.00. The number of nitrogens with zero attached hydrogens (tertiary/aromatic N) is 4. The van der Waals surface area contributed by atoms with Gasteiger partial charge in [0.25, 0.3) is 17.7 Å². The van der Waals surface area contributed by atoms with E-state index < -0.39 is 29.1 Å². The molecule has 216 valence electrons. The van der Waals surface area contributed by atoms with E-state index in [2.05, 4.69) is 4.90 Å². The largest absolute Gasteiger partial charge is 0.484 e. The fourth-order valence-corrected chi connectivity index (χ4v) is 5.00. The first kappa shape index (κ1) is 29.8. The highest BCUT2D eigenvalue weighted by atomic mass is 19.4. The maximum Gasteiger partial charge on any atom is 0.417 e. The van der Waals surface area contributed by atoms with Gasteiger partial charge in [0.1, 0.15) is 5.75 Å². The summed E-state index contributed by atoms with van der Waals surface area (Å²) in [5, 5.41) is 9.01. The minimum absolute atomic E-state index is 0.00655. The number of hydrogen-bond acceptors (Lipinski definition) is 6. The summed E-state index contributed by atoms with van der Waals surface area (Å²) >= 11 is 0. The maximum atomic E-state index is 13.4. The summed E-state index contributed by atoms with van der Waals surface area (Å²) in [7, 11) is 0. The first-order valence-electron chi connectivity index (χ1n) is 13.5. The summed E-state index contributed by atoms with van der Waals surface area (Å²) in [6.07, 6.45) is -2.13. The lowest BCUT2D eigenvalue weighted by molar-refractivity contribution is -0.138. The molecule has 8 nitrogen and oxygen atoms in total. The van der Waals surface area contributed by atoms with E-state index in [1.54, 1.807) is 4.90 Å². The number of benzene rings is 2. The van der Waals surface area contributed by atoms with Crippen LogP contribution in [-0.4, -0.2) is 66.9 Å². The number of halogens is 3. The first-order valence-corrected chi connectivity index (χ1v) is 13.5. The Balaban J connectivity index is 1.20. The zero-order valence-electron chi connectivity index (χ0n) is 22.7. The molecular formula is C30H31F3N4O4. The van der Waals surface area contributed by atoms with Gasteiger partial charge in [-0.1, -0.05) is 24.6 Å². The van der Waals surface area contributed by atoms with Crippen LogP contribution in [0.4, 0.5) is 18.9 Å². The Morgan fingerprint density at radius 1 is 0.976 bits per heavy atom. The molecule has 0 unspecified atom stereocenters. The molecule has 0 saturated carbocycles. The van der Waals surface area contributed by atoms with Crippen molar-refractivity contribution in [3.63, 3.8) is 0 Å². The highest BCUT2D eigenvalue weighted by Crippen LogP contribution is 2.37. The normalized spacial score (nSPS) is 16.4. The molecule has 41 heavy (non-hydrogen) atoms. The van der Waals surface area contributed by atoms with Crippen LogP contribution in [-0.2, 0) is 20.6 Å². The van der Waals surface area contributed by atoms with Gasteiger partial charge in [0, 0.05) is 37.3 Å². The van der Waals surface area contributed by atoms with Crippen molar-refractivity contribution in [2.24, 2.45) is 0 Å². The lowest BCUT2D eigenvalue weighted by atomic mass is 10.0. The van der Waals surface area contributed by atoms with Crippen LogP contribution in [0.3, 0.4) is 0 Å². The third kappa shape index (κ3) is 7.13. The van der Waals surface area contributed by atoms with Gasteiger partial charge < -0.3 is 9.64 Å². The maximum absolute atomic E-state index is 13.4. The Kier molecular flexibility index (Phi) is 9.45. The van der Waals surface area contributed by atoms with Crippen molar-refractivity contribution in [3.8, 4) is 11.8 Å². The van der Waals surface area contributed by atoms with Crippen molar-refractivity contribution in [1.82, 2.24) is 9.80 Å². The average molecular weight is 569 g/mol. The van der Waals surface area contributed by atoms with Crippen molar-refractivity contribution in [2.75, 3.05) is 44.2 Å². The number of amides is 3. The summed E-state index contributed by atoms with van der Waals surface area (Å²) in [5.74, 6) is -0.656. The molecule has 2 aromatic rings. The molecule has 0 aliphatic carbocycles. The Labute approximate surface area is 236 Å². The summed E-state index contributed by atoms with van der Waals surface area (Å²) in [5.41, 5.74) is -1.43. The van der Waals surface area contributed by atoms with Crippen molar-refractivity contribution in [1.29, 1.82) is 5.26 Å². The van der Waals surface area contributed by atoms with Crippen molar-refractivity contribution in [2.45, 2.75) is 38.8 Å². The highest BCUT2D eigenvalue weighted by molar-refractivity contribution is 6.32. The van der Waals surface area contributed by atoms with E-state index in [1.165, 1.54) is 19.1 Å².